The van der Waals surface area contributed by atoms with E-state index in [4.69, 9.17) is 11.6 Å². The fraction of sp³-hybridized carbons (Fsp3) is 0.353. The van der Waals surface area contributed by atoms with Crippen molar-refractivity contribution in [2.24, 2.45) is 0 Å². The van der Waals surface area contributed by atoms with Gasteiger partial charge < -0.3 is 5.32 Å². The van der Waals surface area contributed by atoms with E-state index in [0.29, 0.717) is 5.02 Å². The van der Waals surface area contributed by atoms with Crippen LogP contribution in [-0.2, 0) is 5.41 Å². The van der Waals surface area contributed by atoms with E-state index in [0.717, 1.165) is 5.69 Å². The van der Waals surface area contributed by atoms with Gasteiger partial charge in [0.2, 0.25) is 0 Å². The van der Waals surface area contributed by atoms with Crippen molar-refractivity contribution in [1.82, 2.24) is 10.3 Å². The molecular weight excluding hydrogens is 268 g/mol. The lowest BCUT2D eigenvalue weighted by molar-refractivity contribution is 0.588. The minimum Gasteiger partial charge on any atom is -0.308 e. The molecule has 0 fully saturated rings. The third-order valence-electron chi connectivity index (χ3n) is 3.46. The van der Waals surface area contributed by atoms with Crippen LogP contribution >= 0.6 is 11.6 Å². The van der Waals surface area contributed by atoms with Crippen molar-refractivity contribution in [1.29, 1.82) is 0 Å². The lowest BCUT2D eigenvalue weighted by atomic mass is 9.86. The second kappa shape index (κ2) is 5.94. The summed E-state index contributed by atoms with van der Waals surface area (Å²) in [6.45, 7) is 6.65. The van der Waals surface area contributed by atoms with Gasteiger partial charge in [-0.25, -0.2) is 0 Å². The number of nitrogens with one attached hydrogen (secondary N) is 1. The summed E-state index contributed by atoms with van der Waals surface area (Å²) in [4.78, 5) is 4.40. The van der Waals surface area contributed by atoms with Crippen LogP contribution < -0.4 is 5.32 Å². The standard InChI is InChI=1S/C17H21ClN2/c1-17(2,3)13-9-7-12(8-10-13)15(19-4)16-14(18)6-5-11-20-16/h5-11,15,19H,1-4H3. The normalized spacial score (nSPS) is 13.2. The zero-order chi connectivity index (χ0) is 14.8. The van der Waals surface area contributed by atoms with Gasteiger partial charge in [0.1, 0.15) is 0 Å². The molecule has 0 saturated heterocycles. The number of hydrogen-bond acceptors (Lipinski definition) is 2. The van der Waals surface area contributed by atoms with Crippen LogP contribution in [-0.4, -0.2) is 12.0 Å². The van der Waals surface area contributed by atoms with Gasteiger partial charge in [-0.3, -0.25) is 4.98 Å². The lowest BCUT2D eigenvalue weighted by Crippen LogP contribution is -2.19. The maximum Gasteiger partial charge on any atom is 0.0804 e. The molecule has 0 spiro atoms. The Labute approximate surface area is 126 Å². The van der Waals surface area contributed by atoms with E-state index in [-0.39, 0.29) is 11.5 Å². The van der Waals surface area contributed by atoms with Gasteiger partial charge in [-0.1, -0.05) is 56.6 Å². The summed E-state index contributed by atoms with van der Waals surface area (Å²) in [6, 6.07) is 12.4. The number of benzene rings is 1. The van der Waals surface area contributed by atoms with E-state index in [1.54, 1.807) is 6.20 Å². The van der Waals surface area contributed by atoms with Crippen LogP contribution in [0.2, 0.25) is 5.02 Å². The highest BCUT2D eigenvalue weighted by molar-refractivity contribution is 6.31. The quantitative estimate of drug-likeness (QED) is 0.909. The molecule has 2 aromatic rings. The second-order valence-corrected chi connectivity index (χ2v) is 6.37. The first-order valence-electron chi connectivity index (χ1n) is 6.81. The van der Waals surface area contributed by atoms with Crippen molar-refractivity contribution >= 4 is 11.6 Å². The number of hydrogen-bond donors (Lipinski definition) is 1. The summed E-state index contributed by atoms with van der Waals surface area (Å²) in [7, 11) is 1.92. The number of aromatic nitrogens is 1. The average molecular weight is 289 g/mol. The Balaban J connectivity index is 2.36. The number of rotatable bonds is 3. The summed E-state index contributed by atoms with van der Waals surface area (Å²) in [5, 5.41) is 3.97. The molecule has 2 rings (SSSR count). The largest absolute Gasteiger partial charge is 0.308 e. The summed E-state index contributed by atoms with van der Waals surface area (Å²) < 4.78 is 0. The molecule has 0 amide bonds. The molecule has 3 heteroatoms. The minimum atomic E-state index is 0.0118. The van der Waals surface area contributed by atoms with Crippen molar-refractivity contribution in [2.45, 2.75) is 32.2 Å². The van der Waals surface area contributed by atoms with E-state index in [9.17, 15) is 0 Å². The molecule has 0 saturated carbocycles. The summed E-state index contributed by atoms with van der Waals surface area (Å²) in [5.41, 5.74) is 3.51. The monoisotopic (exact) mass is 288 g/mol. The van der Waals surface area contributed by atoms with Gasteiger partial charge in [-0.05, 0) is 35.7 Å². The summed E-state index contributed by atoms with van der Waals surface area (Å²) in [6.07, 6.45) is 1.77. The Hall–Kier alpha value is -1.38. The number of halogens is 1. The van der Waals surface area contributed by atoms with E-state index in [1.807, 2.05) is 19.2 Å². The predicted molar refractivity (Wildman–Crippen MR) is 85.3 cm³/mol. The highest BCUT2D eigenvalue weighted by atomic mass is 35.5. The number of nitrogens with zero attached hydrogens (tertiary/aromatic N) is 1. The highest BCUT2D eigenvalue weighted by Gasteiger charge is 2.18. The molecule has 2 nitrogen and oxygen atoms in total. The van der Waals surface area contributed by atoms with E-state index in [2.05, 4.69) is 55.3 Å². The van der Waals surface area contributed by atoms with Gasteiger partial charge in [0, 0.05) is 6.20 Å². The van der Waals surface area contributed by atoms with Crippen LogP contribution in [0.25, 0.3) is 0 Å². The van der Waals surface area contributed by atoms with Crippen LogP contribution in [0.5, 0.6) is 0 Å². The van der Waals surface area contributed by atoms with Crippen LogP contribution in [0.4, 0.5) is 0 Å². The fourth-order valence-electron chi connectivity index (χ4n) is 2.25. The highest BCUT2D eigenvalue weighted by Crippen LogP contribution is 2.28. The molecule has 0 aliphatic carbocycles. The summed E-state index contributed by atoms with van der Waals surface area (Å²) in [5.74, 6) is 0. The Morgan fingerprint density at radius 1 is 1.10 bits per heavy atom. The smallest absolute Gasteiger partial charge is 0.0804 e. The molecule has 106 valence electrons. The topological polar surface area (TPSA) is 24.9 Å². The third kappa shape index (κ3) is 3.20. The first kappa shape index (κ1) is 15.0. The zero-order valence-electron chi connectivity index (χ0n) is 12.4. The molecule has 1 aromatic carbocycles. The van der Waals surface area contributed by atoms with Crippen LogP contribution in [0.3, 0.4) is 0 Å². The summed E-state index contributed by atoms with van der Waals surface area (Å²) >= 11 is 6.25. The predicted octanol–water partition coefficient (Wildman–Crippen LogP) is 4.34. The molecule has 1 atom stereocenters. The Morgan fingerprint density at radius 3 is 2.25 bits per heavy atom. The zero-order valence-corrected chi connectivity index (χ0v) is 13.2. The van der Waals surface area contributed by atoms with Gasteiger partial charge in [0.25, 0.3) is 0 Å². The maximum atomic E-state index is 6.25. The molecule has 20 heavy (non-hydrogen) atoms. The van der Waals surface area contributed by atoms with Crippen molar-refractivity contribution in [3.8, 4) is 0 Å². The molecule has 1 N–H and O–H groups in total. The Morgan fingerprint density at radius 2 is 1.75 bits per heavy atom. The molecule has 0 radical (unpaired) electrons. The first-order chi connectivity index (χ1) is 9.43. The average Bonchev–Trinajstić information content (AvgIpc) is 2.41. The molecule has 1 unspecified atom stereocenters. The SMILES string of the molecule is CNC(c1ccc(C(C)(C)C)cc1)c1ncccc1Cl. The van der Waals surface area contributed by atoms with Gasteiger partial charge in [-0.2, -0.15) is 0 Å². The minimum absolute atomic E-state index is 0.0118. The first-order valence-corrected chi connectivity index (χ1v) is 7.19. The Kier molecular flexibility index (Phi) is 4.46. The fourth-order valence-corrected chi connectivity index (χ4v) is 2.48. The van der Waals surface area contributed by atoms with Crippen molar-refractivity contribution < 1.29 is 0 Å². The van der Waals surface area contributed by atoms with Crippen molar-refractivity contribution in [2.75, 3.05) is 7.05 Å². The molecule has 1 heterocycles. The van der Waals surface area contributed by atoms with Crippen LogP contribution in [0.1, 0.15) is 43.6 Å². The Bertz CT molecular complexity index is 570. The molecule has 1 aromatic heterocycles. The van der Waals surface area contributed by atoms with Crippen LogP contribution in [0.15, 0.2) is 42.6 Å². The number of pyridine rings is 1. The van der Waals surface area contributed by atoms with E-state index in [1.165, 1.54) is 11.1 Å². The van der Waals surface area contributed by atoms with E-state index >= 15 is 0 Å². The van der Waals surface area contributed by atoms with Gasteiger partial charge in [0.05, 0.1) is 16.8 Å². The molecule has 0 aliphatic rings. The molecular formula is C17H21ClN2. The lowest BCUT2D eigenvalue weighted by Gasteiger charge is -2.21. The van der Waals surface area contributed by atoms with Gasteiger partial charge >= 0.3 is 0 Å². The third-order valence-corrected chi connectivity index (χ3v) is 3.78. The van der Waals surface area contributed by atoms with Crippen molar-refractivity contribution in [3.05, 3.63) is 64.4 Å². The van der Waals surface area contributed by atoms with Gasteiger partial charge in [-0.15, -0.1) is 0 Å². The van der Waals surface area contributed by atoms with Crippen LogP contribution in [0, 0.1) is 0 Å². The van der Waals surface area contributed by atoms with Gasteiger partial charge in [0.15, 0.2) is 0 Å². The maximum absolute atomic E-state index is 6.25. The second-order valence-electron chi connectivity index (χ2n) is 5.96. The molecule has 0 bridgehead atoms. The van der Waals surface area contributed by atoms with Crippen molar-refractivity contribution in [3.63, 3.8) is 0 Å². The molecule has 0 aliphatic heterocycles. The van der Waals surface area contributed by atoms with E-state index < -0.39 is 0 Å².